The van der Waals surface area contributed by atoms with E-state index in [4.69, 9.17) is 4.74 Å². The Morgan fingerprint density at radius 2 is 2.06 bits per heavy atom. The van der Waals surface area contributed by atoms with Crippen molar-refractivity contribution in [2.75, 3.05) is 13.7 Å². The Bertz CT molecular complexity index is 386. The van der Waals surface area contributed by atoms with Gasteiger partial charge < -0.3 is 9.84 Å². The van der Waals surface area contributed by atoms with Crippen LogP contribution < -0.4 is 4.74 Å². The van der Waals surface area contributed by atoms with Crippen LogP contribution in [0.3, 0.4) is 0 Å². The molecule has 3 nitrogen and oxygen atoms in total. The molecule has 0 atom stereocenters. The fourth-order valence-corrected chi connectivity index (χ4v) is 2.80. The molecule has 0 amide bonds. The minimum Gasteiger partial charge on any atom is -0.508 e. The third-order valence-electron chi connectivity index (χ3n) is 3.91. The van der Waals surface area contributed by atoms with Gasteiger partial charge in [0.05, 0.1) is 7.11 Å². The molecule has 0 spiro atoms. The van der Waals surface area contributed by atoms with E-state index in [0.717, 1.165) is 24.4 Å². The summed E-state index contributed by atoms with van der Waals surface area (Å²) in [5.74, 6) is 1.18. The van der Waals surface area contributed by atoms with Gasteiger partial charge in [-0.2, -0.15) is 0 Å². The first-order valence-electron chi connectivity index (χ1n) is 6.84. The van der Waals surface area contributed by atoms with Crippen molar-refractivity contribution in [3.63, 3.8) is 0 Å². The Kier molecular flexibility index (Phi) is 4.48. The van der Waals surface area contributed by atoms with Crippen LogP contribution >= 0.6 is 0 Å². The molecule has 18 heavy (non-hydrogen) atoms. The zero-order valence-corrected chi connectivity index (χ0v) is 11.4. The zero-order chi connectivity index (χ0) is 13.0. The summed E-state index contributed by atoms with van der Waals surface area (Å²) in [6, 6.07) is 6.13. The predicted octanol–water partition coefficient (Wildman–Crippen LogP) is 3.17. The Morgan fingerprint density at radius 3 is 2.67 bits per heavy atom. The van der Waals surface area contributed by atoms with Crippen LogP contribution in [0.4, 0.5) is 0 Å². The van der Waals surface area contributed by atoms with Gasteiger partial charge in [0.2, 0.25) is 0 Å². The largest absolute Gasteiger partial charge is 0.508 e. The molecular formula is C15H23NO2. The SMILES string of the molecule is CCN(Cc1cc(OC)ccc1O)C1CCCC1. The molecule has 0 bridgehead atoms. The van der Waals surface area contributed by atoms with Crippen molar-refractivity contribution in [1.82, 2.24) is 4.90 Å². The number of benzene rings is 1. The molecule has 0 aliphatic heterocycles. The lowest BCUT2D eigenvalue weighted by Gasteiger charge is -2.27. The number of rotatable bonds is 5. The van der Waals surface area contributed by atoms with Gasteiger partial charge in [-0.25, -0.2) is 0 Å². The van der Waals surface area contributed by atoms with Crippen molar-refractivity contribution in [2.45, 2.75) is 45.2 Å². The summed E-state index contributed by atoms with van der Waals surface area (Å²) in [5, 5.41) is 9.94. The Morgan fingerprint density at radius 1 is 1.33 bits per heavy atom. The Balaban J connectivity index is 2.10. The van der Waals surface area contributed by atoms with Crippen molar-refractivity contribution >= 4 is 0 Å². The van der Waals surface area contributed by atoms with Crippen LogP contribution in [0, 0.1) is 0 Å². The Labute approximate surface area is 109 Å². The highest BCUT2D eigenvalue weighted by Gasteiger charge is 2.22. The first-order valence-corrected chi connectivity index (χ1v) is 6.84. The monoisotopic (exact) mass is 249 g/mol. The summed E-state index contributed by atoms with van der Waals surface area (Å²) < 4.78 is 5.22. The maximum absolute atomic E-state index is 9.94. The summed E-state index contributed by atoms with van der Waals surface area (Å²) in [5.41, 5.74) is 0.961. The van der Waals surface area contributed by atoms with Gasteiger partial charge in [-0.3, -0.25) is 4.90 Å². The van der Waals surface area contributed by atoms with E-state index < -0.39 is 0 Å². The lowest BCUT2D eigenvalue weighted by Crippen LogP contribution is -2.32. The molecule has 1 aliphatic carbocycles. The van der Waals surface area contributed by atoms with Crippen LogP contribution in [0.5, 0.6) is 11.5 Å². The molecule has 1 aromatic carbocycles. The molecule has 0 aromatic heterocycles. The molecule has 1 aliphatic rings. The average Bonchev–Trinajstić information content (AvgIpc) is 2.91. The van der Waals surface area contributed by atoms with Gasteiger partial charge in [0.15, 0.2) is 0 Å². The molecule has 0 saturated heterocycles. The quantitative estimate of drug-likeness (QED) is 0.870. The van der Waals surface area contributed by atoms with E-state index in [0.29, 0.717) is 11.8 Å². The van der Waals surface area contributed by atoms with Crippen molar-refractivity contribution in [3.05, 3.63) is 23.8 Å². The molecule has 1 N–H and O–H groups in total. The first-order chi connectivity index (χ1) is 8.74. The standard InChI is InChI=1S/C15H23NO2/c1-3-16(13-6-4-5-7-13)11-12-10-14(18-2)8-9-15(12)17/h8-10,13,17H,3-7,11H2,1-2H3. The summed E-state index contributed by atoms with van der Waals surface area (Å²) >= 11 is 0. The third kappa shape index (κ3) is 2.96. The summed E-state index contributed by atoms with van der Waals surface area (Å²) in [4.78, 5) is 2.46. The second-order valence-electron chi connectivity index (χ2n) is 5.00. The van der Waals surface area contributed by atoms with E-state index in [-0.39, 0.29) is 0 Å². The van der Waals surface area contributed by atoms with Crippen LogP contribution in [0.2, 0.25) is 0 Å². The van der Waals surface area contributed by atoms with Crippen molar-refractivity contribution < 1.29 is 9.84 Å². The van der Waals surface area contributed by atoms with Crippen molar-refractivity contribution in [1.29, 1.82) is 0 Å². The average molecular weight is 249 g/mol. The lowest BCUT2D eigenvalue weighted by molar-refractivity contribution is 0.198. The van der Waals surface area contributed by atoms with Gasteiger partial charge in [-0.05, 0) is 37.6 Å². The number of hydrogen-bond donors (Lipinski definition) is 1. The zero-order valence-electron chi connectivity index (χ0n) is 11.4. The van der Waals surface area contributed by atoms with Crippen LogP contribution in [-0.2, 0) is 6.54 Å². The maximum atomic E-state index is 9.94. The van der Waals surface area contributed by atoms with Crippen LogP contribution in [0.15, 0.2) is 18.2 Å². The van der Waals surface area contributed by atoms with Gasteiger partial charge in [-0.15, -0.1) is 0 Å². The van der Waals surface area contributed by atoms with Crippen LogP contribution in [-0.4, -0.2) is 29.7 Å². The molecule has 1 fully saturated rings. The number of ether oxygens (including phenoxy) is 1. The van der Waals surface area contributed by atoms with Gasteiger partial charge in [0.25, 0.3) is 0 Å². The predicted molar refractivity (Wildman–Crippen MR) is 73.0 cm³/mol. The van der Waals surface area contributed by atoms with Gasteiger partial charge in [0, 0.05) is 18.2 Å². The molecule has 0 heterocycles. The minimum atomic E-state index is 0.368. The highest BCUT2D eigenvalue weighted by Crippen LogP contribution is 2.28. The fourth-order valence-electron chi connectivity index (χ4n) is 2.80. The van der Waals surface area contributed by atoms with Crippen molar-refractivity contribution in [3.8, 4) is 11.5 Å². The van der Waals surface area contributed by atoms with E-state index in [2.05, 4.69) is 11.8 Å². The molecule has 1 saturated carbocycles. The number of phenolic OH excluding ortho intramolecular Hbond substituents is 1. The van der Waals surface area contributed by atoms with Crippen LogP contribution in [0.25, 0.3) is 0 Å². The summed E-state index contributed by atoms with van der Waals surface area (Å²) in [6.45, 7) is 4.03. The normalized spacial score (nSPS) is 16.4. The smallest absolute Gasteiger partial charge is 0.120 e. The van der Waals surface area contributed by atoms with Gasteiger partial charge in [0.1, 0.15) is 11.5 Å². The van der Waals surface area contributed by atoms with Gasteiger partial charge >= 0.3 is 0 Å². The number of methoxy groups -OCH3 is 1. The number of hydrogen-bond acceptors (Lipinski definition) is 3. The molecular weight excluding hydrogens is 226 g/mol. The minimum absolute atomic E-state index is 0.368. The second-order valence-corrected chi connectivity index (χ2v) is 5.00. The topological polar surface area (TPSA) is 32.7 Å². The maximum Gasteiger partial charge on any atom is 0.120 e. The molecule has 2 rings (SSSR count). The van der Waals surface area contributed by atoms with Crippen LogP contribution in [0.1, 0.15) is 38.2 Å². The first kappa shape index (κ1) is 13.2. The van der Waals surface area contributed by atoms with E-state index in [1.54, 1.807) is 19.2 Å². The molecule has 100 valence electrons. The Hall–Kier alpha value is -1.22. The van der Waals surface area contributed by atoms with E-state index in [1.807, 2.05) is 6.07 Å². The molecule has 0 unspecified atom stereocenters. The molecule has 3 heteroatoms. The van der Waals surface area contributed by atoms with Crippen molar-refractivity contribution in [2.24, 2.45) is 0 Å². The van der Waals surface area contributed by atoms with E-state index in [9.17, 15) is 5.11 Å². The number of nitrogens with zero attached hydrogens (tertiary/aromatic N) is 1. The molecule has 0 radical (unpaired) electrons. The highest BCUT2D eigenvalue weighted by molar-refractivity contribution is 5.39. The van der Waals surface area contributed by atoms with E-state index in [1.165, 1.54) is 25.7 Å². The number of aromatic hydroxyl groups is 1. The van der Waals surface area contributed by atoms with E-state index >= 15 is 0 Å². The lowest BCUT2D eigenvalue weighted by atomic mass is 10.1. The fraction of sp³-hybridized carbons (Fsp3) is 0.600. The highest BCUT2D eigenvalue weighted by atomic mass is 16.5. The summed E-state index contributed by atoms with van der Waals surface area (Å²) in [6.07, 6.45) is 5.26. The van der Waals surface area contributed by atoms with Gasteiger partial charge in [-0.1, -0.05) is 19.8 Å². The second kappa shape index (κ2) is 6.10. The third-order valence-corrected chi connectivity index (χ3v) is 3.91. The molecule has 1 aromatic rings. The summed E-state index contributed by atoms with van der Waals surface area (Å²) in [7, 11) is 1.66. The number of phenols is 1.